The highest BCUT2D eigenvalue weighted by atomic mass is 19.1. The zero-order chi connectivity index (χ0) is 17.9. The molecule has 0 aliphatic heterocycles. The van der Waals surface area contributed by atoms with Gasteiger partial charge < -0.3 is 9.30 Å². The number of nitrogens with zero attached hydrogens (tertiary/aromatic N) is 6. The minimum atomic E-state index is -0.301. The predicted molar refractivity (Wildman–Crippen MR) is 90.7 cm³/mol. The number of H-pyrrole nitrogens is 1. The first-order valence-electron chi connectivity index (χ1n) is 7.77. The maximum Gasteiger partial charge on any atom is 0.194 e. The van der Waals surface area contributed by atoms with Crippen LogP contribution in [0.4, 0.5) is 4.39 Å². The Morgan fingerprint density at radius 3 is 2.73 bits per heavy atom. The highest BCUT2D eigenvalue weighted by Gasteiger charge is 2.17. The number of benzene rings is 1. The average Bonchev–Trinajstić information content (AvgIpc) is 3.33. The summed E-state index contributed by atoms with van der Waals surface area (Å²) >= 11 is 0. The van der Waals surface area contributed by atoms with Gasteiger partial charge in [-0.2, -0.15) is 5.21 Å². The molecule has 0 atom stereocenters. The fourth-order valence-electron chi connectivity index (χ4n) is 2.69. The molecule has 26 heavy (non-hydrogen) atoms. The van der Waals surface area contributed by atoms with Crippen molar-refractivity contribution in [2.45, 2.75) is 6.54 Å². The molecule has 0 spiro atoms. The van der Waals surface area contributed by atoms with Crippen LogP contribution < -0.4 is 4.74 Å². The Labute approximate surface area is 147 Å². The molecule has 0 saturated carbocycles. The third kappa shape index (κ3) is 3.02. The van der Waals surface area contributed by atoms with Gasteiger partial charge in [0.15, 0.2) is 5.82 Å². The smallest absolute Gasteiger partial charge is 0.194 e. The van der Waals surface area contributed by atoms with Crippen LogP contribution in [0.3, 0.4) is 0 Å². The number of imidazole rings is 1. The van der Waals surface area contributed by atoms with Gasteiger partial charge in [-0.25, -0.2) is 9.37 Å². The van der Waals surface area contributed by atoms with Gasteiger partial charge in [0.1, 0.15) is 11.6 Å². The first-order chi connectivity index (χ1) is 12.7. The van der Waals surface area contributed by atoms with Gasteiger partial charge in [-0.05, 0) is 30.3 Å². The minimum absolute atomic E-state index is 0.301. The van der Waals surface area contributed by atoms with Crippen molar-refractivity contribution in [1.82, 2.24) is 35.2 Å². The number of rotatable bonds is 5. The summed E-state index contributed by atoms with van der Waals surface area (Å²) in [7, 11) is 1.58. The van der Waals surface area contributed by atoms with Crippen LogP contribution in [-0.2, 0) is 6.54 Å². The largest absolute Gasteiger partial charge is 0.495 e. The van der Waals surface area contributed by atoms with E-state index in [2.05, 4.69) is 30.6 Å². The Kier molecular flexibility index (Phi) is 4.10. The van der Waals surface area contributed by atoms with Gasteiger partial charge >= 0.3 is 0 Å². The minimum Gasteiger partial charge on any atom is -0.495 e. The van der Waals surface area contributed by atoms with Crippen molar-refractivity contribution in [3.05, 3.63) is 60.7 Å². The topological polar surface area (TPSA) is 94.4 Å². The summed E-state index contributed by atoms with van der Waals surface area (Å²) in [6.45, 7) is 0.372. The Bertz CT molecular complexity index is 1010. The first-order valence-corrected chi connectivity index (χ1v) is 7.77. The van der Waals surface area contributed by atoms with E-state index >= 15 is 0 Å². The fraction of sp³-hybridized carbons (Fsp3) is 0.118. The van der Waals surface area contributed by atoms with E-state index in [1.54, 1.807) is 38.0 Å². The van der Waals surface area contributed by atoms with E-state index in [0.717, 1.165) is 16.8 Å². The zero-order valence-electron chi connectivity index (χ0n) is 13.8. The molecule has 0 aliphatic carbocycles. The molecule has 8 nitrogen and oxygen atoms in total. The van der Waals surface area contributed by atoms with Gasteiger partial charge in [0.25, 0.3) is 0 Å². The van der Waals surface area contributed by atoms with Crippen LogP contribution >= 0.6 is 0 Å². The van der Waals surface area contributed by atoms with E-state index in [1.807, 2.05) is 10.6 Å². The lowest BCUT2D eigenvalue weighted by Gasteiger charge is -2.10. The van der Waals surface area contributed by atoms with Gasteiger partial charge in [0.05, 0.1) is 37.6 Å². The number of ether oxygens (including phenoxy) is 1. The number of aromatic amines is 1. The van der Waals surface area contributed by atoms with E-state index in [9.17, 15) is 4.39 Å². The van der Waals surface area contributed by atoms with Crippen molar-refractivity contribution in [3.8, 4) is 28.3 Å². The summed E-state index contributed by atoms with van der Waals surface area (Å²) in [6, 6.07) is 8.05. The van der Waals surface area contributed by atoms with Gasteiger partial charge in [0.2, 0.25) is 0 Å². The molecule has 0 aliphatic rings. The molecule has 0 radical (unpaired) electrons. The van der Waals surface area contributed by atoms with Gasteiger partial charge in [0, 0.05) is 17.3 Å². The summed E-state index contributed by atoms with van der Waals surface area (Å²) in [5.41, 5.74) is 3.09. The van der Waals surface area contributed by atoms with Crippen molar-refractivity contribution in [2.75, 3.05) is 7.11 Å². The van der Waals surface area contributed by atoms with Crippen LogP contribution in [-0.4, -0.2) is 42.3 Å². The molecule has 0 fully saturated rings. The molecule has 1 N–H and O–H groups in total. The number of aromatic nitrogens is 7. The molecule has 1 aromatic carbocycles. The summed E-state index contributed by atoms with van der Waals surface area (Å²) in [5, 5.41) is 14.0. The van der Waals surface area contributed by atoms with E-state index in [-0.39, 0.29) is 5.82 Å². The maximum absolute atomic E-state index is 13.3. The zero-order valence-corrected chi connectivity index (χ0v) is 13.8. The quantitative estimate of drug-likeness (QED) is 0.593. The van der Waals surface area contributed by atoms with Gasteiger partial charge in [-0.15, -0.1) is 10.2 Å². The highest BCUT2D eigenvalue weighted by molar-refractivity contribution is 5.78. The predicted octanol–water partition coefficient (Wildman–Crippen LogP) is 2.32. The van der Waals surface area contributed by atoms with E-state index in [1.165, 1.54) is 12.1 Å². The van der Waals surface area contributed by atoms with Crippen molar-refractivity contribution in [3.63, 3.8) is 0 Å². The molecular formula is C17H14FN7O. The average molecular weight is 351 g/mol. The number of nitrogens with one attached hydrogen (secondary N) is 1. The summed E-state index contributed by atoms with van der Waals surface area (Å²) in [6.07, 6.45) is 5.03. The molecule has 3 aromatic heterocycles. The second-order valence-corrected chi connectivity index (χ2v) is 5.52. The Balaban J connectivity index is 1.86. The third-order valence-corrected chi connectivity index (χ3v) is 3.88. The molecule has 0 amide bonds. The second-order valence-electron chi connectivity index (χ2n) is 5.52. The van der Waals surface area contributed by atoms with Crippen molar-refractivity contribution < 1.29 is 9.13 Å². The molecule has 0 unspecified atom stereocenters. The molecule has 0 bridgehead atoms. The lowest BCUT2D eigenvalue weighted by Crippen LogP contribution is -2.03. The van der Waals surface area contributed by atoms with Gasteiger partial charge in [-0.3, -0.25) is 4.98 Å². The number of hydrogen-bond acceptors (Lipinski definition) is 6. The summed E-state index contributed by atoms with van der Waals surface area (Å²) < 4.78 is 20.5. The van der Waals surface area contributed by atoms with Crippen LogP contribution in [0.25, 0.3) is 22.5 Å². The van der Waals surface area contributed by atoms with Crippen LogP contribution in [0.1, 0.15) is 5.82 Å². The van der Waals surface area contributed by atoms with Crippen molar-refractivity contribution in [1.29, 1.82) is 0 Å². The number of halogens is 1. The van der Waals surface area contributed by atoms with Crippen molar-refractivity contribution in [2.24, 2.45) is 0 Å². The summed E-state index contributed by atoms with van der Waals surface area (Å²) in [5.74, 6) is 0.842. The Morgan fingerprint density at radius 2 is 2.00 bits per heavy atom. The molecule has 9 heteroatoms. The van der Waals surface area contributed by atoms with Crippen molar-refractivity contribution >= 4 is 0 Å². The molecule has 3 heterocycles. The van der Waals surface area contributed by atoms with E-state index < -0.39 is 0 Å². The lowest BCUT2D eigenvalue weighted by atomic mass is 10.1. The van der Waals surface area contributed by atoms with Crippen LogP contribution in [0.2, 0.25) is 0 Å². The molecule has 0 saturated heterocycles. The Morgan fingerprint density at radius 1 is 1.15 bits per heavy atom. The fourth-order valence-corrected chi connectivity index (χ4v) is 2.69. The molecule has 4 rings (SSSR count). The standard InChI is InChI=1S/C17H14FN7O/c1-26-14-6-12(7-19-8-14)17-16(11-2-4-13(18)5-3-11)20-10-25(17)9-15-21-23-24-22-15/h2-8,10H,9H2,1H3,(H,21,22,23,24). The molecule has 4 aromatic rings. The summed E-state index contributed by atoms with van der Waals surface area (Å²) in [4.78, 5) is 8.74. The highest BCUT2D eigenvalue weighted by Crippen LogP contribution is 2.32. The second kappa shape index (κ2) is 6.71. The number of methoxy groups -OCH3 is 1. The van der Waals surface area contributed by atoms with E-state index in [4.69, 9.17) is 4.74 Å². The van der Waals surface area contributed by atoms with Crippen LogP contribution in [0, 0.1) is 5.82 Å². The first kappa shape index (κ1) is 15.9. The molecule has 130 valence electrons. The Hall–Kier alpha value is -3.62. The number of pyridine rings is 1. The number of tetrazole rings is 1. The number of hydrogen-bond donors (Lipinski definition) is 1. The molecular weight excluding hydrogens is 337 g/mol. The lowest BCUT2D eigenvalue weighted by molar-refractivity contribution is 0.413. The monoisotopic (exact) mass is 351 g/mol. The van der Waals surface area contributed by atoms with Crippen LogP contribution in [0.15, 0.2) is 49.1 Å². The maximum atomic E-state index is 13.3. The van der Waals surface area contributed by atoms with E-state index in [0.29, 0.717) is 23.8 Å². The van der Waals surface area contributed by atoms with Gasteiger partial charge in [-0.1, -0.05) is 5.21 Å². The third-order valence-electron chi connectivity index (χ3n) is 3.88. The SMILES string of the molecule is COc1cncc(-c2c(-c3ccc(F)cc3)ncn2Cc2nn[nH]n2)c1. The normalized spacial score (nSPS) is 10.8. The van der Waals surface area contributed by atoms with Crippen LogP contribution in [0.5, 0.6) is 5.75 Å².